The van der Waals surface area contributed by atoms with Crippen LogP contribution in [0.4, 0.5) is 43.3 Å². The molecular formula is C30H37F2N7O5. The third-order valence-corrected chi connectivity index (χ3v) is 7.23. The van der Waals surface area contributed by atoms with Gasteiger partial charge in [0.15, 0.2) is 17.5 Å². The zero-order chi connectivity index (χ0) is 32.5. The van der Waals surface area contributed by atoms with E-state index in [0.29, 0.717) is 35.8 Å². The van der Waals surface area contributed by atoms with E-state index in [1.54, 1.807) is 36.8 Å². The van der Waals surface area contributed by atoms with Crippen LogP contribution in [0.15, 0.2) is 30.5 Å². The Balaban J connectivity index is 1.81. The number of likely N-dealkylation sites (N-methyl/N-ethyl adjacent to an activating group) is 2. The normalized spacial score (nSPS) is 13.7. The third kappa shape index (κ3) is 6.64. The molecule has 0 unspecified atom stereocenters. The van der Waals surface area contributed by atoms with E-state index in [9.17, 15) is 23.7 Å². The van der Waals surface area contributed by atoms with Crippen molar-refractivity contribution < 1.29 is 28.0 Å². The Kier molecular flexibility index (Phi) is 9.23. The predicted molar refractivity (Wildman–Crippen MR) is 164 cm³/mol. The van der Waals surface area contributed by atoms with Gasteiger partial charge in [0.25, 0.3) is 5.69 Å². The molecule has 2 aromatic carbocycles. The molecule has 14 heteroatoms. The smallest absolute Gasteiger partial charge is 0.343 e. The molecule has 12 nitrogen and oxygen atoms in total. The minimum absolute atomic E-state index is 0.00782. The number of carbonyl (C=O) groups excluding carboxylic acids is 1. The lowest BCUT2D eigenvalue weighted by molar-refractivity contribution is -0.384. The SMILES string of the molecule is COc1cc(N(C)CCN(C)C)c([N+](=O)[O-])cc1Nc1ncc(C(=O)OC(C)C)c(N2CC(C)(C)c3cc(F)c(F)cc32)n1. The number of rotatable bonds is 11. The second-order valence-electron chi connectivity index (χ2n) is 11.8. The Labute approximate surface area is 254 Å². The fourth-order valence-corrected chi connectivity index (χ4v) is 4.98. The van der Waals surface area contributed by atoms with Crippen LogP contribution >= 0.6 is 0 Å². The first kappa shape index (κ1) is 32.3. The number of esters is 1. The number of anilines is 5. The molecule has 0 fully saturated rings. The summed E-state index contributed by atoms with van der Waals surface area (Å²) in [6.07, 6.45) is 0.825. The second-order valence-corrected chi connectivity index (χ2v) is 11.8. The minimum Gasteiger partial charge on any atom is -0.494 e. The van der Waals surface area contributed by atoms with E-state index in [1.165, 1.54) is 19.4 Å². The molecule has 2 heterocycles. The van der Waals surface area contributed by atoms with Crippen molar-refractivity contribution in [3.05, 3.63) is 63.3 Å². The van der Waals surface area contributed by atoms with E-state index >= 15 is 0 Å². The maximum Gasteiger partial charge on any atom is 0.343 e. The molecule has 0 saturated carbocycles. The first-order chi connectivity index (χ1) is 20.6. The van der Waals surface area contributed by atoms with Crippen molar-refractivity contribution >= 4 is 40.5 Å². The quantitative estimate of drug-likeness (QED) is 0.170. The predicted octanol–water partition coefficient (Wildman–Crippen LogP) is 5.41. The summed E-state index contributed by atoms with van der Waals surface area (Å²) in [5.41, 5.74) is 0.669. The largest absolute Gasteiger partial charge is 0.494 e. The number of nitro benzene ring substituents is 1. The van der Waals surface area contributed by atoms with Crippen molar-refractivity contribution in [3.63, 3.8) is 0 Å². The van der Waals surface area contributed by atoms with E-state index < -0.39 is 34.0 Å². The number of fused-ring (bicyclic) bond motifs is 1. The molecule has 1 aliphatic rings. The lowest BCUT2D eigenvalue weighted by Gasteiger charge is -2.24. The Morgan fingerprint density at radius 2 is 1.84 bits per heavy atom. The summed E-state index contributed by atoms with van der Waals surface area (Å²) in [4.78, 5) is 39.0. The number of hydrogen-bond acceptors (Lipinski definition) is 11. The van der Waals surface area contributed by atoms with Crippen molar-refractivity contribution in [3.8, 4) is 5.75 Å². The van der Waals surface area contributed by atoms with Crippen LogP contribution in [0.2, 0.25) is 0 Å². The van der Waals surface area contributed by atoms with Crippen LogP contribution in [-0.4, -0.2) is 79.8 Å². The highest BCUT2D eigenvalue weighted by Gasteiger charge is 2.39. The van der Waals surface area contributed by atoms with E-state index in [1.807, 2.05) is 32.8 Å². The van der Waals surface area contributed by atoms with Gasteiger partial charge in [0.05, 0.1) is 23.8 Å². The molecule has 0 aliphatic carbocycles. The van der Waals surface area contributed by atoms with E-state index in [0.717, 1.165) is 12.1 Å². The standard InChI is InChI=1S/C30H37F2N7O5/c1-17(2)44-28(40)18-15-33-29(35-27(18)38-16-30(3,4)19-11-20(31)21(32)12-23(19)38)34-22-13-25(39(41)42)24(14-26(22)43-8)37(7)10-9-36(5)6/h11-15,17H,9-10,16H2,1-8H3,(H,33,34,35). The Morgan fingerprint density at radius 1 is 1.16 bits per heavy atom. The summed E-state index contributed by atoms with van der Waals surface area (Å²) in [5, 5.41) is 15.1. The lowest BCUT2D eigenvalue weighted by atomic mass is 9.87. The number of carbonyl (C=O) groups is 1. The molecular weight excluding hydrogens is 576 g/mol. The molecule has 1 aliphatic heterocycles. The monoisotopic (exact) mass is 613 g/mol. The summed E-state index contributed by atoms with van der Waals surface area (Å²) in [6, 6.07) is 5.11. The first-order valence-electron chi connectivity index (χ1n) is 14.0. The van der Waals surface area contributed by atoms with Crippen LogP contribution in [0.5, 0.6) is 5.75 Å². The average Bonchev–Trinajstić information content (AvgIpc) is 3.20. The molecule has 4 rings (SSSR count). The lowest BCUT2D eigenvalue weighted by Crippen LogP contribution is -2.29. The van der Waals surface area contributed by atoms with Gasteiger partial charge < -0.3 is 29.5 Å². The second kappa shape index (κ2) is 12.6. The van der Waals surface area contributed by atoms with E-state index in [4.69, 9.17) is 9.47 Å². The van der Waals surface area contributed by atoms with Gasteiger partial charge in [-0.1, -0.05) is 13.8 Å². The van der Waals surface area contributed by atoms with Gasteiger partial charge in [-0.05, 0) is 39.6 Å². The summed E-state index contributed by atoms with van der Waals surface area (Å²) in [6.45, 7) is 8.58. The van der Waals surface area contributed by atoms with Crippen molar-refractivity contribution in [1.82, 2.24) is 14.9 Å². The summed E-state index contributed by atoms with van der Waals surface area (Å²) in [7, 11) is 7.01. The number of halogens is 2. The van der Waals surface area contributed by atoms with Gasteiger partial charge >= 0.3 is 5.97 Å². The Hall–Kier alpha value is -4.59. The highest BCUT2D eigenvalue weighted by atomic mass is 19.2. The van der Waals surface area contributed by atoms with Gasteiger partial charge in [-0.25, -0.2) is 18.6 Å². The minimum atomic E-state index is -1.04. The highest BCUT2D eigenvalue weighted by molar-refractivity contribution is 5.96. The number of nitro groups is 1. The molecule has 0 radical (unpaired) electrons. The van der Waals surface area contributed by atoms with Crippen LogP contribution in [0.25, 0.3) is 0 Å². The maximum atomic E-state index is 14.5. The van der Waals surface area contributed by atoms with Crippen molar-refractivity contribution in [2.24, 2.45) is 0 Å². The van der Waals surface area contributed by atoms with Gasteiger partial charge in [0, 0.05) is 62.2 Å². The summed E-state index contributed by atoms with van der Waals surface area (Å²) in [5.74, 6) is -2.35. The number of hydrogen-bond donors (Lipinski definition) is 1. The first-order valence-corrected chi connectivity index (χ1v) is 14.0. The molecule has 44 heavy (non-hydrogen) atoms. The molecule has 0 spiro atoms. The molecule has 1 aromatic heterocycles. The molecule has 0 amide bonds. The zero-order valence-corrected chi connectivity index (χ0v) is 26.1. The van der Waals surface area contributed by atoms with Crippen LogP contribution in [0.3, 0.4) is 0 Å². The molecule has 0 atom stereocenters. The summed E-state index contributed by atoms with van der Waals surface area (Å²) < 4.78 is 39.7. The van der Waals surface area contributed by atoms with Gasteiger partial charge in [0.1, 0.15) is 17.0 Å². The number of nitrogens with one attached hydrogen (secondary N) is 1. The van der Waals surface area contributed by atoms with Crippen LogP contribution < -0.4 is 19.9 Å². The van der Waals surface area contributed by atoms with E-state index in [-0.39, 0.29) is 35.2 Å². The van der Waals surface area contributed by atoms with Gasteiger partial charge in [0.2, 0.25) is 5.95 Å². The zero-order valence-electron chi connectivity index (χ0n) is 26.1. The molecule has 1 N–H and O–H groups in total. The average molecular weight is 614 g/mol. The highest BCUT2D eigenvalue weighted by Crippen LogP contribution is 2.46. The number of nitrogens with zero attached hydrogens (tertiary/aromatic N) is 6. The number of aromatic nitrogens is 2. The van der Waals surface area contributed by atoms with E-state index in [2.05, 4.69) is 15.3 Å². The molecule has 236 valence electrons. The maximum absolute atomic E-state index is 14.5. The topological polar surface area (TPSA) is 126 Å². The Morgan fingerprint density at radius 3 is 2.45 bits per heavy atom. The van der Waals surface area contributed by atoms with Gasteiger partial charge in [-0.2, -0.15) is 4.98 Å². The van der Waals surface area contributed by atoms with Crippen LogP contribution in [-0.2, 0) is 10.2 Å². The van der Waals surface area contributed by atoms with Crippen LogP contribution in [0, 0.1) is 21.7 Å². The molecule has 0 saturated heterocycles. The van der Waals surface area contributed by atoms with Crippen LogP contribution in [0.1, 0.15) is 43.6 Å². The van der Waals surface area contributed by atoms with Crippen molar-refractivity contribution in [1.29, 1.82) is 0 Å². The molecule has 0 bridgehead atoms. The third-order valence-electron chi connectivity index (χ3n) is 7.23. The van der Waals surface area contributed by atoms with Gasteiger partial charge in [-0.15, -0.1) is 0 Å². The number of methoxy groups -OCH3 is 1. The van der Waals surface area contributed by atoms with Crippen molar-refractivity contribution in [2.45, 2.75) is 39.2 Å². The number of benzene rings is 2. The Bertz CT molecular complexity index is 1580. The molecule has 3 aromatic rings. The fraction of sp³-hybridized carbons (Fsp3) is 0.433. The van der Waals surface area contributed by atoms with Gasteiger partial charge in [-0.3, -0.25) is 10.1 Å². The summed E-state index contributed by atoms with van der Waals surface area (Å²) >= 11 is 0. The fourth-order valence-electron chi connectivity index (χ4n) is 4.98. The van der Waals surface area contributed by atoms with Crippen molar-refractivity contribution in [2.75, 3.05) is 63.0 Å². The number of ether oxygens (including phenoxy) is 2.